The quantitative estimate of drug-likeness (QED) is 0.698. The second kappa shape index (κ2) is 10.4. The first kappa shape index (κ1) is 21.3. The minimum absolute atomic E-state index is 0.0428. The van der Waals surface area contributed by atoms with Gasteiger partial charge in [0.05, 0.1) is 0 Å². The van der Waals surface area contributed by atoms with Crippen molar-refractivity contribution in [2.75, 3.05) is 20.3 Å². The summed E-state index contributed by atoms with van der Waals surface area (Å²) in [5.41, 5.74) is 0. The number of nitrogens with zero attached hydrogens (tertiary/aromatic N) is 1. The molecule has 0 saturated heterocycles. The fraction of sp³-hybridized carbons (Fsp3) is 0.682. The predicted molar refractivity (Wildman–Crippen MR) is 111 cm³/mol. The number of hydrogen-bond acceptors (Lipinski definition) is 5. The highest BCUT2D eigenvalue weighted by molar-refractivity contribution is 7.10. The molecule has 0 unspecified atom stereocenters. The topological polar surface area (TPSA) is 59.0 Å². The molecule has 1 amide bonds. The van der Waals surface area contributed by atoms with Crippen LogP contribution in [0.5, 0.6) is 0 Å². The summed E-state index contributed by atoms with van der Waals surface area (Å²) in [5.74, 6) is 0.516. The SMILES string of the molecule is CCO[C@@H]1OC(C(=O)N(C)C2CCCCC2)=C[C@H](c2cccs2)[C@H]1CCCO. The molecule has 0 bridgehead atoms. The number of likely N-dealkylation sites (N-methyl/N-ethyl adjacent to an activating group) is 1. The third-order valence-corrected chi connectivity index (χ3v) is 6.91. The van der Waals surface area contributed by atoms with E-state index in [0.29, 0.717) is 24.8 Å². The minimum Gasteiger partial charge on any atom is -0.459 e. The second-order valence-electron chi connectivity index (χ2n) is 7.75. The highest BCUT2D eigenvalue weighted by atomic mass is 32.1. The molecular formula is C22H33NO4S. The third-order valence-electron chi connectivity index (χ3n) is 5.94. The van der Waals surface area contributed by atoms with E-state index in [1.807, 2.05) is 31.0 Å². The molecule has 3 atom stereocenters. The average molecular weight is 408 g/mol. The fourth-order valence-electron chi connectivity index (χ4n) is 4.38. The Morgan fingerprint density at radius 3 is 2.79 bits per heavy atom. The van der Waals surface area contributed by atoms with Crippen molar-refractivity contribution < 1.29 is 19.4 Å². The molecule has 6 heteroatoms. The van der Waals surface area contributed by atoms with Gasteiger partial charge in [-0.15, -0.1) is 11.3 Å². The van der Waals surface area contributed by atoms with Gasteiger partial charge in [-0.25, -0.2) is 0 Å². The molecule has 1 aromatic heterocycles. The first-order valence-corrected chi connectivity index (χ1v) is 11.4. The van der Waals surface area contributed by atoms with Gasteiger partial charge in [-0.05, 0) is 50.1 Å². The van der Waals surface area contributed by atoms with E-state index >= 15 is 0 Å². The second-order valence-corrected chi connectivity index (χ2v) is 8.73. The number of amides is 1. The van der Waals surface area contributed by atoms with Gasteiger partial charge in [-0.3, -0.25) is 4.79 Å². The van der Waals surface area contributed by atoms with Crippen molar-refractivity contribution in [3.05, 3.63) is 34.2 Å². The van der Waals surface area contributed by atoms with Crippen LogP contribution >= 0.6 is 11.3 Å². The smallest absolute Gasteiger partial charge is 0.288 e. The number of carbonyl (C=O) groups excluding carboxylic acids is 1. The van der Waals surface area contributed by atoms with E-state index in [1.165, 1.54) is 24.1 Å². The van der Waals surface area contributed by atoms with Gasteiger partial charge < -0.3 is 19.5 Å². The van der Waals surface area contributed by atoms with Gasteiger partial charge in [0.25, 0.3) is 5.91 Å². The monoisotopic (exact) mass is 407 g/mol. The molecule has 28 heavy (non-hydrogen) atoms. The summed E-state index contributed by atoms with van der Waals surface area (Å²) in [7, 11) is 1.90. The van der Waals surface area contributed by atoms with Crippen LogP contribution in [0.3, 0.4) is 0 Å². The Morgan fingerprint density at radius 1 is 1.36 bits per heavy atom. The highest BCUT2D eigenvalue weighted by Crippen LogP contribution is 2.41. The molecule has 5 nitrogen and oxygen atoms in total. The lowest BCUT2D eigenvalue weighted by atomic mass is 9.84. The minimum atomic E-state index is -0.465. The Bertz CT molecular complexity index is 639. The Balaban J connectivity index is 1.85. The van der Waals surface area contributed by atoms with Gasteiger partial charge in [-0.1, -0.05) is 25.3 Å². The zero-order chi connectivity index (χ0) is 19.9. The Hall–Kier alpha value is -1.37. The van der Waals surface area contributed by atoms with E-state index in [9.17, 15) is 9.90 Å². The summed E-state index contributed by atoms with van der Waals surface area (Å²) in [6.07, 6.45) is 8.78. The molecule has 2 heterocycles. The van der Waals surface area contributed by atoms with Gasteiger partial charge in [0.2, 0.25) is 6.29 Å². The van der Waals surface area contributed by atoms with E-state index in [0.717, 1.165) is 19.3 Å². The third kappa shape index (κ3) is 4.97. The highest BCUT2D eigenvalue weighted by Gasteiger charge is 2.39. The Morgan fingerprint density at radius 2 is 2.14 bits per heavy atom. The summed E-state index contributed by atoms with van der Waals surface area (Å²) in [6.45, 7) is 2.62. The van der Waals surface area contributed by atoms with Crippen LogP contribution < -0.4 is 0 Å². The molecule has 2 aliphatic rings. The Labute approximate surface area is 172 Å². The van der Waals surface area contributed by atoms with Crippen molar-refractivity contribution >= 4 is 17.2 Å². The first-order chi connectivity index (χ1) is 13.7. The van der Waals surface area contributed by atoms with Crippen molar-refractivity contribution in [1.29, 1.82) is 0 Å². The lowest BCUT2D eigenvalue weighted by Crippen LogP contribution is -2.43. The van der Waals surface area contributed by atoms with Crippen LogP contribution in [0.25, 0.3) is 0 Å². The fourth-order valence-corrected chi connectivity index (χ4v) is 5.25. The maximum atomic E-state index is 13.2. The van der Waals surface area contributed by atoms with E-state index in [-0.39, 0.29) is 24.3 Å². The first-order valence-electron chi connectivity index (χ1n) is 10.6. The number of ether oxygens (including phenoxy) is 2. The molecule has 156 valence electrons. The number of thiophene rings is 1. The van der Waals surface area contributed by atoms with Gasteiger partial charge in [0.15, 0.2) is 5.76 Å². The molecule has 3 rings (SSSR count). The summed E-state index contributed by atoms with van der Waals surface area (Å²) >= 11 is 1.69. The van der Waals surface area contributed by atoms with Gasteiger partial charge in [-0.2, -0.15) is 0 Å². The van der Waals surface area contributed by atoms with E-state index < -0.39 is 6.29 Å². The number of allylic oxidation sites excluding steroid dienone is 1. The summed E-state index contributed by atoms with van der Waals surface area (Å²) in [5, 5.41) is 11.4. The summed E-state index contributed by atoms with van der Waals surface area (Å²) < 4.78 is 12.0. The number of carbonyl (C=O) groups is 1. The van der Waals surface area contributed by atoms with Crippen LogP contribution in [0.4, 0.5) is 0 Å². The molecular weight excluding hydrogens is 374 g/mol. The van der Waals surface area contributed by atoms with Crippen LogP contribution in [0.15, 0.2) is 29.3 Å². The van der Waals surface area contributed by atoms with Crippen molar-refractivity contribution in [2.24, 2.45) is 5.92 Å². The van der Waals surface area contributed by atoms with E-state index in [4.69, 9.17) is 9.47 Å². The molecule has 0 radical (unpaired) electrons. The van der Waals surface area contributed by atoms with E-state index in [1.54, 1.807) is 11.3 Å². The standard InChI is InChI=1S/C22H33NO4S/c1-3-26-22-17(11-7-13-24)18(20-12-8-14-28-20)15-19(27-22)21(25)23(2)16-9-5-4-6-10-16/h8,12,14-18,22,24H,3-7,9-11,13H2,1-2H3/t17-,18+,22-/m1/s1. The van der Waals surface area contributed by atoms with Crippen molar-refractivity contribution in [1.82, 2.24) is 4.90 Å². The zero-order valence-corrected chi connectivity index (χ0v) is 17.8. The molecule has 1 N–H and O–H groups in total. The average Bonchev–Trinajstić information content (AvgIpc) is 3.27. The van der Waals surface area contributed by atoms with Crippen molar-refractivity contribution in [3.63, 3.8) is 0 Å². The lowest BCUT2D eigenvalue weighted by Gasteiger charge is -2.38. The molecule has 1 aliphatic carbocycles. The van der Waals surface area contributed by atoms with Crippen molar-refractivity contribution in [2.45, 2.75) is 70.1 Å². The largest absolute Gasteiger partial charge is 0.459 e. The number of hydrogen-bond donors (Lipinski definition) is 1. The molecule has 1 fully saturated rings. The molecule has 1 aromatic rings. The number of rotatable bonds is 8. The van der Waals surface area contributed by atoms with Crippen molar-refractivity contribution in [3.8, 4) is 0 Å². The summed E-state index contributed by atoms with van der Waals surface area (Å²) in [4.78, 5) is 16.3. The van der Waals surface area contributed by atoms with Crippen LogP contribution in [0.1, 0.15) is 62.7 Å². The molecule has 1 saturated carbocycles. The molecule has 1 aliphatic heterocycles. The lowest BCUT2D eigenvalue weighted by molar-refractivity contribution is -0.170. The normalized spacial score (nSPS) is 25.8. The van der Waals surface area contributed by atoms with Gasteiger partial charge in [0, 0.05) is 43.0 Å². The summed E-state index contributed by atoms with van der Waals surface area (Å²) in [6, 6.07) is 4.44. The maximum absolute atomic E-state index is 13.2. The number of aliphatic hydroxyl groups is 1. The van der Waals surface area contributed by atoms with Crippen LogP contribution in [-0.4, -0.2) is 48.5 Å². The molecule has 0 aromatic carbocycles. The van der Waals surface area contributed by atoms with Gasteiger partial charge >= 0.3 is 0 Å². The predicted octanol–water partition coefficient (Wildman–Crippen LogP) is 4.29. The van der Waals surface area contributed by atoms with Crippen LogP contribution in [0.2, 0.25) is 0 Å². The zero-order valence-electron chi connectivity index (χ0n) is 17.0. The Kier molecular flexibility index (Phi) is 7.94. The van der Waals surface area contributed by atoms with Gasteiger partial charge in [0.1, 0.15) is 0 Å². The van der Waals surface area contributed by atoms with Crippen LogP contribution in [0, 0.1) is 5.92 Å². The maximum Gasteiger partial charge on any atom is 0.288 e. The van der Waals surface area contributed by atoms with E-state index in [2.05, 4.69) is 11.4 Å². The number of aliphatic hydroxyl groups excluding tert-OH is 1. The molecule has 0 spiro atoms. The van der Waals surface area contributed by atoms with Crippen LogP contribution in [-0.2, 0) is 14.3 Å².